The number of anilines is 1. The molecule has 0 amide bonds. The van der Waals surface area contributed by atoms with E-state index in [4.69, 9.17) is 0 Å². The first-order chi connectivity index (χ1) is 7.50. The SMILES string of the molecule is CB1N(c2ccccc2)N=NN1C(C)(C)C. The molecule has 1 aliphatic heterocycles. The second-order valence-electron chi connectivity index (χ2n) is 5.01. The van der Waals surface area contributed by atoms with Crippen molar-refractivity contribution in [2.45, 2.75) is 33.1 Å². The van der Waals surface area contributed by atoms with Crippen molar-refractivity contribution < 1.29 is 0 Å². The molecule has 0 bridgehead atoms. The van der Waals surface area contributed by atoms with Crippen LogP contribution >= 0.6 is 0 Å². The Morgan fingerprint density at radius 3 is 2.19 bits per heavy atom. The summed E-state index contributed by atoms with van der Waals surface area (Å²) < 4.78 is 0. The molecule has 2 rings (SSSR count). The number of benzene rings is 1. The van der Waals surface area contributed by atoms with Gasteiger partial charge in [0.05, 0.1) is 0 Å². The molecule has 0 fully saturated rings. The number of rotatable bonds is 1. The van der Waals surface area contributed by atoms with E-state index in [1.165, 1.54) is 0 Å². The molecule has 0 N–H and O–H groups in total. The summed E-state index contributed by atoms with van der Waals surface area (Å²) in [5, 5.41) is 8.45. The van der Waals surface area contributed by atoms with Crippen molar-refractivity contribution in [3.63, 3.8) is 0 Å². The van der Waals surface area contributed by atoms with Gasteiger partial charge in [0, 0.05) is 11.2 Å². The molecule has 0 radical (unpaired) electrons. The lowest BCUT2D eigenvalue weighted by atomic mass is 9.75. The molecule has 5 heteroatoms. The van der Waals surface area contributed by atoms with Gasteiger partial charge in [0.2, 0.25) is 0 Å². The summed E-state index contributed by atoms with van der Waals surface area (Å²) in [6.45, 7) is 8.67. The average molecular weight is 216 g/mol. The van der Waals surface area contributed by atoms with Gasteiger partial charge in [0.15, 0.2) is 0 Å². The van der Waals surface area contributed by atoms with Gasteiger partial charge >= 0.3 is 6.98 Å². The zero-order chi connectivity index (χ0) is 11.8. The molecular formula is C11H17BN4. The van der Waals surface area contributed by atoms with Gasteiger partial charge in [-0.3, -0.25) is 9.84 Å². The largest absolute Gasteiger partial charge is 0.416 e. The Bertz CT molecular complexity index is 385. The molecule has 1 aromatic rings. The highest BCUT2D eigenvalue weighted by Crippen LogP contribution is 2.27. The molecule has 1 aromatic carbocycles. The van der Waals surface area contributed by atoms with E-state index in [1.54, 1.807) is 0 Å². The van der Waals surface area contributed by atoms with Gasteiger partial charge in [-0.05, 0) is 39.7 Å². The lowest BCUT2D eigenvalue weighted by Crippen LogP contribution is -2.49. The predicted octanol–water partition coefficient (Wildman–Crippen LogP) is 3.01. The molecule has 4 nitrogen and oxygen atoms in total. The Hall–Kier alpha value is -1.52. The molecular weight excluding hydrogens is 199 g/mol. The van der Waals surface area contributed by atoms with E-state index in [-0.39, 0.29) is 12.5 Å². The molecule has 16 heavy (non-hydrogen) atoms. The maximum atomic E-state index is 4.23. The predicted molar refractivity (Wildman–Crippen MR) is 67.0 cm³/mol. The molecule has 0 aromatic heterocycles. The van der Waals surface area contributed by atoms with E-state index in [0.29, 0.717) is 0 Å². The summed E-state index contributed by atoms with van der Waals surface area (Å²) in [7, 11) is 0. The Morgan fingerprint density at radius 1 is 1.06 bits per heavy atom. The first kappa shape index (κ1) is 11.0. The second-order valence-corrected chi connectivity index (χ2v) is 5.01. The standard InChI is InChI=1S/C11H17BN4/c1-11(2,3)16-12(4)15(13-14-16)10-8-6-5-7-9-10/h5-9H,1-4H3. The van der Waals surface area contributed by atoms with Crippen LogP contribution in [0.5, 0.6) is 0 Å². The molecule has 84 valence electrons. The minimum Gasteiger partial charge on any atom is -0.290 e. The van der Waals surface area contributed by atoms with Crippen LogP contribution in [-0.2, 0) is 0 Å². The van der Waals surface area contributed by atoms with Crippen LogP contribution in [0, 0.1) is 0 Å². The number of hydrogen-bond donors (Lipinski definition) is 0. The van der Waals surface area contributed by atoms with Crippen molar-refractivity contribution in [2.24, 2.45) is 10.4 Å². The Kier molecular flexibility index (Phi) is 2.62. The summed E-state index contributed by atoms with van der Waals surface area (Å²) >= 11 is 0. The second kappa shape index (κ2) is 3.81. The van der Waals surface area contributed by atoms with E-state index in [2.05, 4.69) is 38.0 Å². The van der Waals surface area contributed by atoms with Gasteiger partial charge in [-0.1, -0.05) is 28.6 Å². The molecule has 0 saturated heterocycles. The van der Waals surface area contributed by atoms with Crippen LogP contribution in [0.2, 0.25) is 6.82 Å². The van der Waals surface area contributed by atoms with Crippen molar-refractivity contribution in [1.82, 2.24) is 4.92 Å². The van der Waals surface area contributed by atoms with Crippen molar-refractivity contribution in [1.29, 1.82) is 0 Å². The topological polar surface area (TPSA) is 31.2 Å². The Balaban J connectivity index is 2.21. The van der Waals surface area contributed by atoms with E-state index >= 15 is 0 Å². The molecule has 0 atom stereocenters. The van der Waals surface area contributed by atoms with E-state index < -0.39 is 0 Å². The number of para-hydroxylation sites is 1. The fourth-order valence-corrected chi connectivity index (χ4v) is 1.88. The van der Waals surface area contributed by atoms with Gasteiger partial charge in [-0.15, -0.1) is 0 Å². The molecule has 0 spiro atoms. The summed E-state index contributed by atoms with van der Waals surface area (Å²) in [6.07, 6.45) is 0. The van der Waals surface area contributed by atoms with Gasteiger partial charge in [-0.25, -0.2) is 0 Å². The molecule has 0 unspecified atom stereocenters. The Labute approximate surface area is 97.0 Å². The first-order valence-corrected chi connectivity index (χ1v) is 5.55. The van der Waals surface area contributed by atoms with Gasteiger partial charge < -0.3 is 0 Å². The summed E-state index contributed by atoms with van der Waals surface area (Å²) in [4.78, 5) is 3.95. The zero-order valence-electron chi connectivity index (χ0n) is 10.3. The normalized spacial score (nSPS) is 16.1. The molecule has 1 aliphatic rings. The smallest absolute Gasteiger partial charge is 0.290 e. The van der Waals surface area contributed by atoms with Gasteiger partial charge in [0.1, 0.15) is 0 Å². The van der Waals surface area contributed by atoms with Crippen LogP contribution in [0.4, 0.5) is 5.69 Å². The van der Waals surface area contributed by atoms with Crippen LogP contribution in [0.25, 0.3) is 0 Å². The Morgan fingerprint density at radius 2 is 1.69 bits per heavy atom. The van der Waals surface area contributed by atoms with Crippen molar-refractivity contribution in [3.8, 4) is 0 Å². The number of hydrogen-bond acceptors (Lipinski definition) is 4. The van der Waals surface area contributed by atoms with Crippen LogP contribution in [0.15, 0.2) is 40.8 Å². The third kappa shape index (κ3) is 1.89. The molecule has 1 heterocycles. The maximum Gasteiger partial charge on any atom is 0.416 e. The summed E-state index contributed by atoms with van der Waals surface area (Å²) in [5.74, 6) is 0. The molecule has 0 aliphatic carbocycles. The average Bonchev–Trinajstić information content (AvgIpc) is 2.61. The fourth-order valence-electron chi connectivity index (χ4n) is 1.88. The highest BCUT2D eigenvalue weighted by molar-refractivity contribution is 6.59. The van der Waals surface area contributed by atoms with Crippen LogP contribution < -0.4 is 4.92 Å². The van der Waals surface area contributed by atoms with Crippen molar-refractivity contribution in [3.05, 3.63) is 30.3 Å². The van der Waals surface area contributed by atoms with Crippen LogP contribution in [-0.4, -0.2) is 17.4 Å². The minimum absolute atomic E-state index is 0.00749. The van der Waals surface area contributed by atoms with Gasteiger partial charge in [-0.2, -0.15) is 0 Å². The highest BCUT2D eigenvalue weighted by atomic mass is 15.7. The summed E-state index contributed by atoms with van der Waals surface area (Å²) in [5.41, 5.74) is 1.07. The zero-order valence-corrected chi connectivity index (χ0v) is 10.3. The first-order valence-electron chi connectivity index (χ1n) is 5.55. The highest BCUT2D eigenvalue weighted by Gasteiger charge is 2.38. The molecule has 0 saturated carbocycles. The number of nitrogens with zero attached hydrogens (tertiary/aromatic N) is 4. The quantitative estimate of drug-likeness (QED) is 0.675. The third-order valence-electron chi connectivity index (χ3n) is 2.65. The van der Waals surface area contributed by atoms with Crippen molar-refractivity contribution in [2.75, 3.05) is 4.92 Å². The van der Waals surface area contributed by atoms with Gasteiger partial charge in [0.25, 0.3) is 0 Å². The minimum atomic E-state index is -0.00749. The van der Waals surface area contributed by atoms with E-state index in [1.807, 2.05) is 40.2 Å². The van der Waals surface area contributed by atoms with Crippen molar-refractivity contribution >= 4 is 12.7 Å². The monoisotopic (exact) mass is 216 g/mol. The maximum absolute atomic E-state index is 4.23. The van der Waals surface area contributed by atoms with E-state index in [9.17, 15) is 0 Å². The van der Waals surface area contributed by atoms with E-state index in [0.717, 1.165) is 5.69 Å². The third-order valence-corrected chi connectivity index (χ3v) is 2.65. The lowest BCUT2D eigenvalue weighted by Gasteiger charge is -2.32. The van der Waals surface area contributed by atoms with Crippen LogP contribution in [0.1, 0.15) is 20.8 Å². The summed E-state index contributed by atoms with van der Waals surface area (Å²) in [6, 6.07) is 10.1. The fraction of sp³-hybridized carbons (Fsp3) is 0.455. The lowest BCUT2D eigenvalue weighted by molar-refractivity contribution is 0.255. The van der Waals surface area contributed by atoms with Crippen LogP contribution in [0.3, 0.4) is 0 Å².